The molecule has 0 radical (unpaired) electrons. The van der Waals surface area contributed by atoms with E-state index in [1.54, 1.807) is 0 Å². The maximum absolute atomic E-state index is 6.06. The quantitative estimate of drug-likeness (QED) is 0.727. The van der Waals surface area contributed by atoms with Gasteiger partial charge >= 0.3 is 0 Å². The summed E-state index contributed by atoms with van der Waals surface area (Å²) in [6.07, 6.45) is 2.37. The normalized spacial score (nSPS) is 27.2. The molecule has 0 aromatic carbocycles. The lowest BCUT2D eigenvalue weighted by molar-refractivity contribution is -0.0697. The molecule has 0 spiro atoms. The number of thioether (sulfide) groups is 1. The van der Waals surface area contributed by atoms with Crippen molar-refractivity contribution < 1.29 is 4.74 Å². The number of rotatable bonds is 6. The molecule has 1 N–H and O–H groups in total. The van der Waals surface area contributed by atoms with Gasteiger partial charge in [-0.15, -0.1) is 0 Å². The number of ether oxygens (including phenoxy) is 1. The molecule has 16 heavy (non-hydrogen) atoms. The SMILES string of the molecule is CCSCCCNC1CC(C)(C)OC1(C)C. The second kappa shape index (κ2) is 5.74. The zero-order chi connectivity index (χ0) is 12.2. The lowest BCUT2D eigenvalue weighted by Crippen LogP contribution is -2.43. The second-order valence-electron chi connectivity index (χ2n) is 5.73. The lowest BCUT2D eigenvalue weighted by Gasteiger charge is -2.27. The Labute approximate surface area is 105 Å². The molecular weight excluding hydrogens is 218 g/mol. The molecule has 1 unspecified atom stereocenters. The maximum atomic E-state index is 6.06. The minimum Gasteiger partial charge on any atom is -0.368 e. The van der Waals surface area contributed by atoms with Crippen LogP contribution in [-0.2, 0) is 4.74 Å². The minimum absolute atomic E-state index is 0.0264. The van der Waals surface area contributed by atoms with E-state index in [2.05, 4.69) is 39.9 Å². The van der Waals surface area contributed by atoms with Gasteiger partial charge in [-0.1, -0.05) is 6.92 Å². The van der Waals surface area contributed by atoms with Gasteiger partial charge in [0.05, 0.1) is 11.2 Å². The first-order chi connectivity index (χ1) is 7.37. The van der Waals surface area contributed by atoms with Crippen LogP contribution in [0.4, 0.5) is 0 Å². The van der Waals surface area contributed by atoms with Crippen LogP contribution in [0.25, 0.3) is 0 Å². The van der Waals surface area contributed by atoms with Gasteiger partial charge in [0, 0.05) is 6.04 Å². The fourth-order valence-electron chi connectivity index (χ4n) is 2.48. The van der Waals surface area contributed by atoms with Gasteiger partial charge in [0.2, 0.25) is 0 Å². The van der Waals surface area contributed by atoms with Gasteiger partial charge in [0.1, 0.15) is 0 Å². The van der Waals surface area contributed by atoms with Gasteiger partial charge < -0.3 is 10.1 Å². The molecule has 1 aliphatic rings. The largest absolute Gasteiger partial charge is 0.368 e. The summed E-state index contributed by atoms with van der Waals surface area (Å²) >= 11 is 2.02. The average Bonchev–Trinajstić information content (AvgIpc) is 2.34. The van der Waals surface area contributed by atoms with Crippen LogP contribution in [-0.4, -0.2) is 35.3 Å². The van der Waals surface area contributed by atoms with Gasteiger partial charge in [-0.3, -0.25) is 0 Å². The van der Waals surface area contributed by atoms with Crippen molar-refractivity contribution in [3.63, 3.8) is 0 Å². The Morgan fingerprint density at radius 3 is 2.50 bits per heavy atom. The van der Waals surface area contributed by atoms with E-state index < -0.39 is 0 Å². The molecule has 1 fully saturated rings. The van der Waals surface area contributed by atoms with Crippen molar-refractivity contribution >= 4 is 11.8 Å². The smallest absolute Gasteiger partial charge is 0.0787 e. The summed E-state index contributed by atoms with van der Waals surface area (Å²) in [6, 6.07) is 0.495. The van der Waals surface area contributed by atoms with Crippen molar-refractivity contribution in [2.24, 2.45) is 0 Å². The van der Waals surface area contributed by atoms with Crippen LogP contribution < -0.4 is 5.32 Å². The van der Waals surface area contributed by atoms with Crippen LogP contribution >= 0.6 is 11.8 Å². The van der Waals surface area contributed by atoms with Gasteiger partial charge in [-0.25, -0.2) is 0 Å². The topological polar surface area (TPSA) is 21.3 Å². The van der Waals surface area contributed by atoms with Crippen molar-refractivity contribution in [2.75, 3.05) is 18.1 Å². The summed E-state index contributed by atoms with van der Waals surface area (Å²) in [5.41, 5.74) is 0.000729. The van der Waals surface area contributed by atoms with Crippen LogP contribution in [0.3, 0.4) is 0 Å². The molecule has 1 aliphatic heterocycles. The van der Waals surface area contributed by atoms with Gasteiger partial charge in [0.15, 0.2) is 0 Å². The fraction of sp³-hybridized carbons (Fsp3) is 1.00. The summed E-state index contributed by atoms with van der Waals surface area (Å²) in [6.45, 7) is 12.1. The zero-order valence-electron chi connectivity index (χ0n) is 11.4. The number of nitrogens with one attached hydrogen (secondary N) is 1. The van der Waals surface area contributed by atoms with E-state index in [9.17, 15) is 0 Å². The first-order valence-electron chi connectivity index (χ1n) is 6.39. The molecule has 96 valence electrons. The highest BCUT2D eigenvalue weighted by Gasteiger charge is 2.45. The Balaban J connectivity index is 2.26. The third-order valence-electron chi connectivity index (χ3n) is 3.13. The van der Waals surface area contributed by atoms with E-state index in [-0.39, 0.29) is 11.2 Å². The van der Waals surface area contributed by atoms with E-state index >= 15 is 0 Å². The highest BCUT2D eigenvalue weighted by Crippen LogP contribution is 2.37. The standard InChI is InChI=1S/C13H27NOS/c1-6-16-9-7-8-14-11-10-12(2,3)15-13(11,4)5/h11,14H,6-10H2,1-5H3. The Kier molecular flexibility index (Phi) is 5.14. The van der Waals surface area contributed by atoms with E-state index in [0.29, 0.717) is 6.04 Å². The van der Waals surface area contributed by atoms with Crippen LogP contribution in [0.1, 0.15) is 47.5 Å². The van der Waals surface area contributed by atoms with Crippen molar-refractivity contribution in [3.05, 3.63) is 0 Å². The van der Waals surface area contributed by atoms with E-state index in [0.717, 1.165) is 13.0 Å². The molecule has 1 saturated heterocycles. The molecule has 0 saturated carbocycles. The third-order valence-corrected chi connectivity index (χ3v) is 4.12. The maximum Gasteiger partial charge on any atom is 0.0787 e. The molecule has 0 amide bonds. The summed E-state index contributed by atoms with van der Waals surface area (Å²) in [7, 11) is 0. The fourth-order valence-corrected chi connectivity index (χ4v) is 3.11. The summed E-state index contributed by atoms with van der Waals surface area (Å²) in [4.78, 5) is 0. The molecule has 2 nitrogen and oxygen atoms in total. The average molecular weight is 245 g/mol. The van der Waals surface area contributed by atoms with Crippen molar-refractivity contribution in [1.29, 1.82) is 0 Å². The number of hydrogen-bond donors (Lipinski definition) is 1. The molecule has 1 atom stereocenters. The summed E-state index contributed by atoms with van der Waals surface area (Å²) in [5, 5.41) is 3.65. The predicted octanol–water partition coefficient (Wildman–Crippen LogP) is 3.07. The molecule has 0 aromatic heterocycles. The van der Waals surface area contributed by atoms with Gasteiger partial charge in [-0.05, 0) is 58.6 Å². The van der Waals surface area contributed by atoms with Crippen LogP contribution in [0, 0.1) is 0 Å². The molecule has 3 heteroatoms. The second-order valence-corrected chi connectivity index (χ2v) is 7.12. The molecule has 1 rings (SSSR count). The highest BCUT2D eigenvalue weighted by atomic mass is 32.2. The summed E-state index contributed by atoms with van der Waals surface area (Å²) in [5.74, 6) is 2.49. The first kappa shape index (κ1) is 14.3. The first-order valence-corrected chi connectivity index (χ1v) is 7.54. The lowest BCUT2D eigenvalue weighted by atomic mass is 9.94. The predicted molar refractivity (Wildman–Crippen MR) is 73.3 cm³/mol. The monoisotopic (exact) mass is 245 g/mol. The molecule has 1 heterocycles. The van der Waals surface area contributed by atoms with Crippen LogP contribution in [0.5, 0.6) is 0 Å². The molecule has 0 bridgehead atoms. The van der Waals surface area contributed by atoms with E-state index in [4.69, 9.17) is 4.74 Å². The van der Waals surface area contributed by atoms with Gasteiger partial charge in [0.25, 0.3) is 0 Å². The van der Waals surface area contributed by atoms with Crippen LogP contribution in [0.2, 0.25) is 0 Å². The summed E-state index contributed by atoms with van der Waals surface area (Å²) < 4.78 is 6.06. The van der Waals surface area contributed by atoms with E-state index in [1.165, 1.54) is 17.9 Å². The molecular formula is C13H27NOS. The minimum atomic E-state index is -0.0264. The van der Waals surface area contributed by atoms with E-state index in [1.807, 2.05) is 11.8 Å². The highest BCUT2D eigenvalue weighted by molar-refractivity contribution is 7.99. The number of hydrogen-bond acceptors (Lipinski definition) is 3. The van der Waals surface area contributed by atoms with Crippen molar-refractivity contribution in [2.45, 2.75) is 64.7 Å². The van der Waals surface area contributed by atoms with Crippen molar-refractivity contribution in [3.8, 4) is 0 Å². The Hall–Kier alpha value is 0.270. The zero-order valence-corrected chi connectivity index (χ0v) is 12.2. The van der Waals surface area contributed by atoms with Crippen LogP contribution in [0.15, 0.2) is 0 Å². The Bertz CT molecular complexity index is 216. The third kappa shape index (κ3) is 4.27. The van der Waals surface area contributed by atoms with Gasteiger partial charge in [-0.2, -0.15) is 11.8 Å². The molecule has 0 aliphatic carbocycles. The van der Waals surface area contributed by atoms with Crippen molar-refractivity contribution in [1.82, 2.24) is 5.32 Å². The Morgan fingerprint density at radius 1 is 1.31 bits per heavy atom. The Morgan fingerprint density at radius 2 is 2.00 bits per heavy atom. The molecule has 0 aromatic rings.